The van der Waals surface area contributed by atoms with Crippen LogP contribution in [0.2, 0.25) is 0 Å². The zero-order valence-corrected chi connectivity index (χ0v) is 14.9. The van der Waals surface area contributed by atoms with Crippen molar-refractivity contribution in [2.45, 2.75) is 32.4 Å². The van der Waals surface area contributed by atoms with E-state index in [1.807, 2.05) is 0 Å². The Morgan fingerprint density at radius 1 is 0.926 bits per heavy atom. The smallest absolute Gasteiger partial charge is 0.352 e. The quantitative estimate of drug-likeness (QED) is 0.675. The first kappa shape index (κ1) is 20.5. The molecule has 0 aliphatic rings. The first-order chi connectivity index (χ1) is 12.8. The number of hydrogen-bond donors (Lipinski definition) is 2. The van der Waals surface area contributed by atoms with Gasteiger partial charge in [-0.05, 0) is 42.8 Å². The lowest BCUT2D eigenvalue weighted by Crippen LogP contribution is -2.24. The molecule has 0 heterocycles. The van der Waals surface area contributed by atoms with Crippen LogP contribution in [-0.4, -0.2) is 18.4 Å². The maximum Gasteiger partial charge on any atom is 0.416 e. The summed E-state index contributed by atoms with van der Waals surface area (Å²) in [5.41, 5.74) is -0.304. The normalized spacial score (nSPS) is 11.1. The van der Waals surface area contributed by atoms with Gasteiger partial charge in [0.15, 0.2) is 0 Å². The molecule has 0 aliphatic carbocycles. The van der Waals surface area contributed by atoms with Crippen molar-refractivity contribution in [1.82, 2.24) is 5.32 Å². The number of carbonyl (C=O) groups is 2. The van der Waals surface area contributed by atoms with Gasteiger partial charge in [0.1, 0.15) is 0 Å². The number of benzene rings is 2. The number of halogens is 3. The Morgan fingerprint density at radius 3 is 2.26 bits per heavy atom. The highest BCUT2D eigenvalue weighted by Crippen LogP contribution is 2.30. The largest absolute Gasteiger partial charge is 0.416 e. The molecular weight excluding hydrogens is 357 g/mol. The molecule has 2 aromatic rings. The van der Waals surface area contributed by atoms with Crippen molar-refractivity contribution in [3.05, 3.63) is 65.2 Å². The van der Waals surface area contributed by atoms with Crippen molar-refractivity contribution in [1.29, 1.82) is 0 Å². The van der Waals surface area contributed by atoms with E-state index in [-0.39, 0.29) is 17.2 Å². The number of anilines is 1. The molecule has 0 spiro atoms. The second-order valence-corrected chi connectivity index (χ2v) is 6.08. The van der Waals surface area contributed by atoms with Crippen molar-refractivity contribution in [3.63, 3.8) is 0 Å². The van der Waals surface area contributed by atoms with E-state index in [2.05, 4.69) is 17.6 Å². The van der Waals surface area contributed by atoms with Crippen LogP contribution < -0.4 is 10.6 Å². The number of hydrogen-bond acceptors (Lipinski definition) is 2. The topological polar surface area (TPSA) is 58.2 Å². The minimum Gasteiger partial charge on any atom is -0.352 e. The van der Waals surface area contributed by atoms with Crippen molar-refractivity contribution < 1.29 is 22.8 Å². The second kappa shape index (κ2) is 9.21. The lowest BCUT2D eigenvalue weighted by Gasteiger charge is -2.10. The molecule has 0 unspecified atom stereocenters. The van der Waals surface area contributed by atoms with E-state index in [4.69, 9.17) is 0 Å². The van der Waals surface area contributed by atoms with Gasteiger partial charge in [-0.25, -0.2) is 0 Å². The molecule has 27 heavy (non-hydrogen) atoms. The van der Waals surface area contributed by atoms with E-state index < -0.39 is 17.6 Å². The summed E-state index contributed by atoms with van der Waals surface area (Å²) in [6.45, 7) is 2.61. The molecule has 2 N–H and O–H groups in total. The molecule has 0 aromatic heterocycles. The fourth-order valence-corrected chi connectivity index (χ4v) is 2.46. The van der Waals surface area contributed by atoms with Crippen LogP contribution >= 0.6 is 0 Å². The highest BCUT2D eigenvalue weighted by molar-refractivity contribution is 6.06. The van der Waals surface area contributed by atoms with Gasteiger partial charge in [-0.2, -0.15) is 13.2 Å². The zero-order valence-electron chi connectivity index (χ0n) is 14.9. The average molecular weight is 378 g/mol. The van der Waals surface area contributed by atoms with Crippen LogP contribution in [0.5, 0.6) is 0 Å². The SMILES string of the molecule is CCCCCNC(=O)c1cccc(C(=O)Nc2cccc(C(F)(F)F)c2)c1. The van der Waals surface area contributed by atoms with Crippen LogP contribution in [0.1, 0.15) is 52.5 Å². The van der Waals surface area contributed by atoms with Gasteiger partial charge in [0.25, 0.3) is 11.8 Å². The fourth-order valence-electron chi connectivity index (χ4n) is 2.46. The van der Waals surface area contributed by atoms with Crippen LogP contribution in [-0.2, 0) is 6.18 Å². The summed E-state index contributed by atoms with van der Waals surface area (Å²) in [5.74, 6) is -0.880. The predicted octanol–water partition coefficient (Wildman–Crippen LogP) is 4.88. The van der Waals surface area contributed by atoms with E-state index >= 15 is 0 Å². The summed E-state index contributed by atoms with van der Waals surface area (Å²) < 4.78 is 38.3. The molecule has 0 aliphatic heterocycles. The molecule has 7 heteroatoms. The first-order valence-corrected chi connectivity index (χ1v) is 8.68. The fraction of sp³-hybridized carbons (Fsp3) is 0.300. The number of rotatable bonds is 7. The molecule has 0 saturated carbocycles. The third kappa shape index (κ3) is 6.13. The third-order valence-corrected chi connectivity index (χ3v) is 3.90. The van der Waals surface area contributed by atoms with Gasteiger partial charge in [-0.3, -0.25) is 9.59 Å². The highest BCUT2D eigenvalue weighted by atomic mass is 19.4. The van der Waals surface area contributed by atoms with Gasteiger partial charge in [0.2, 0.25) is 0 Å². The Labute approximate surface area is 155 Å². The Balaban J connectivity index is 2.06. The third-order valence-electron chi connectivity index (χ3n) is 3.90. The molecule has 2 rings (SSSR count). The molecule has 2 amide bonds. The monoisotopic (exact) mass is 378 g/mol. The van der Waals surface area contributed by atoms with Crippen LogP contribution in [0.3, 0.4) is 0 Å². The molecule has 144 valence electrons. The summed E-state index contributed by atoms with van der Waals surface area (Å²) in [6, 6.07) is 10.4. The van der Waals surface area contributed by atoms with E-state index in [1.165, 1.54) is 24.3 Å². The molecule has 4 nitrogen and oxygen atoms in total. The molecule has 0 atom stereocenters. The summed E-state index contributed by atoms with van der Waals surface area (Å²) in [6.07, 6.45) is -1.56. The molecule has 0 bridgehead atoms. The Bertz CT molecular complexity index is 804. The number of amides is 2. The van der Waals surface area contributed by atoms with Crippen LogP contribution in [0, 0.1) is 0 Å². The van der Waals surface area contributed by atoms with Gasteiger partial charge < -0.3 is 10.6 Å². The van der Waals surface area contributed by atoms with Crippen molar-refractivity contribution in [2.24, 2.45) is 0 Å². The van der Waals surface area contributed by atoms with Crippen LogP contribution in [0.4, 0.5) is 18.9 Å². The van der Waals surface area contributed by atoms with E-state index in [0.717, 1.165) is 31.4 Å². The standard InChI is InChI=1S/C20H21F3N2O2/c1-2-3-4-11-24-18(26)14-7-5-8-15(12-14)19(27)25-17-10-6-9-16(13-17)20(21,22)23/h5-10,12-13H,2-4,11H2,1H3,(H,24,26)(H,25,27). The second-order valence-electron chi connectivity index (χ2n) is 6.08. The number of nitrogens with one attached hydrogen (secondary N) is 2. The van der Waals surface area contributed by atoms with Crippen LogP contribution in [0.25, 0.3) is 0 Å². The number of carbonyl (C=O) groups excluding carboxylic acids is 2. The maximum absolute atomic E-state index is 12.8. The summed E-state index contributed by atoms with van der Waals surface area (Å²) in [4.78, 5) is 24.5. The molecule has 0 saturated heterocycles. The van der Waals surface area contributed by atoms with Gasteiger partial charge in [-0.1, -0.05) is 31.9 Å². The molecule has 2 aromatic carbocycles. The molecule has 0 fully saturated rings. The predicted molar refractivity (Wildman–Crippen MR) is 97.7 cm³/mol. The highest BCUT2D eigenvalue weighted by Gasteiger charge is 2.30. The minimum absolute atomic E-state index is 0.0317. The lowest BCUT2D eigenvalue weighted by molar-refractivity contribution is -0.137. The van der Waals surface area contributed by atoms with Gasteiger partial charge in [-0.15, -0.1) is 0 Å². The molecular formula is C20H21F3N2O2. The van der Waals surface area contributed by atoms with Gasteiger partial charge in [0, 0.05) is 23.4 Å². The Hall–Kier alpha value is -2.83. The van der Waals surface area contributed by atoms with Gasteiger partial charge >= 0.3 is 6.18 Å². The van der Waals surface area contributed by atoms with E-state index in [0.29, 0.717) is 12.1 Å². The summed E-state index contributed by atoms with van der Waals surface area (Å²) >= 11 is 0. The lowest BCUT2D eigenvalue weighted by atomic mass is 10.1. The summed E-state index contributed by atoms with van der Waals surface area (Å²) in [5, 5.41) is 5.20. The first-order valence-electron chi connectivity index (χ1n) is 8.68. The maximum atomic E-state index is 12.8. The van der Waals surface area contributed by atoms with Crippen LogP contribution in [0.15, 0.2) is 48.5 Å². The summed E-state index contributed by atoms with van der Waals surface area (Å²) in [7, 11) is 0. The van der Waals surface area contributed by atoms with Crippen molar-refractivity contribution in [3.8, 4) is 0 Å². The number of unbranched alkanes of at least 4 members (excludes halogenated alkanes) is 2. The van der Waals surface area contributed by atoms with E-state index in [9.17, 15) is 22.8 Å². The average Bonchev–Trinajstić information content (AvgIpc) is 2.64. The van der Waals surface area contributed by atoms with E-state index in [1.54, 1.807) is 12.1 Å². The Kier molecular flexibility index (Phi) is 6.98. The molecule has 0 radical (unpaired) electrons. The zero-order chi connectivity index (χ0) is 19.9. The minimum atomic E-state index is -4.49. The Morgan fingerprint density at radius 2 is 1.59 bits per heavy atom. The van der Waals surface area contributed by atoms with Gasteiger partial charge in [0.05, 0.1) is 5.56 Å². The van der Waals surface area contributed by atoms with Crippen molar-refractivity contribution in [2.75, 3.05) is 11.9 Å². The van der Waals surface area contributed by atoms with Crippen molar-refractivity contribution >= 4 is 17.5 Å². The number of alkyl halides is 3.